The van der Waals surface area contributed by atoms with Crippen LogP contribution >= 0.6 is 27.3 Å². The molecule has 2 aliphatic heterocycles. The summed E-state index contributed by atoms with van der Waals surface area (Å²) in [7, 11) is 0. The molecule has 21 heteroatoms. The van der Waals surface area contributed by atoms with Crippen molar-refractivity contribution in [3.05, 3.63) is 81.3 Å². The monoisotopic (exact) mass is 1020 g/mol. The zero-order valence-corrected chi connectivity index (χ0v) is 41.4. The minimum atomic E-state index is -1.31. The third kappa shape index (κ3) is 14.2. The molecule has 2 fully saturated rings. The Morgan fingerprint density at radius 1 is 0.985 bits per heavy atom. The Morgan fingerprint density at radius 2 is 1.70 bits per heavy atom. The van der Waals surface area contributed by atoms with Crippen molar-refractivity contribution in [2.24, 2.45) is 11.1 Å². The van der Waals surface area contributed by atoms with Gasteiger partial charge in [0.25, 0.3) is 5.91 Å². The van der Waals surface area contributed by atoms with Crippen LogP contribution in [-0.2, 0) is 37.1 Å². The summed E-state index contributed by atoms with van der Waals surface area (Å²) in [6, 6.07) is 10.6. The van der Waals surface area contributed by atoms with E-state index >= 15 is 0 Å². The molecule has 67 heavy (non-hydrogen) atoms. The quantitative estimate of drug-likeness (QED) is 0.0461. The third-order valence-electron chi connectivity index (χ3n) is 11.7. The molecule has 2 aromatic heterocycles. The first kappa shape index (κ1) is 51.2. The number of hydrogen-bond donors (Lipinski definition) is 6. The molecule has 2 saturated heterocycles. The summed E-state index contributed by atoms with van der Waals surface area (Å²) >= 11 is 3.66. The number of anilines is 3. The maximum Gasteiger partial charge on any atom is 0.253 e. The number of aryl methyl sites for hydroxylation is 1. The normalized spacial score (nSPS) is 16.5. The van der Waals surface area contributed by atoms with Gasteiger partial charge in [0.15, 0.2) is 0 Å². The van der Waals surface area contributed by atoms with E-state index < -0.39 is 40.6 Å². The lowest BCUT2D eigenvalue weighted by Gasteiger charge is -2.35. The predicted molar refractivity (Wildman–Crippen MR) is 261 cm³/mol. The van der Waals surface area contributed by atoms with E-state index in [4.69, 9.17) is 5.73 Å². The van der Waals surface area contributed by atoms with Gasteiger partial charge in [-0.3, -0.25) is 24.0 Å². The van der Waals surface area contributed by atoms with Crippen LogP contribution in [0, 0.1) is 18.2 Å². The van der Waals surface area contributed by atoms with Gasteiger partial charge in [0, 0.05) is 62.6 Å². The number of thiazole rings is 1. The van der Waals surface area contributed by atoms with Crippen molar-refractivity contribution >= 4 is 85.6 Å². The Bertz CT molecular complexity index is 2380. The molecule has 0 bridgehead atoms. The Kier molecular flexibility index (Phi) is 18.1. The lowest BCUT2D eigenvalue weighted by atomic mass is 9.85. The highest BCUT2D eigenvalue weighted by Crippen LogP contribution is 2.30. The smallest absolute Gasteiger partial charge is 0.253 e. The lowest BCUT2D eigenvalue weighted by Crippen LogP contribution is -2.57. The molecular weight excluding hydrogens is 966 g/mol. The summed E-state index contributed by atoms with van der Waals surface area (Å²) < 4.78 is 29.7. The average Bonchev–Trinajstić information content (AvgIpc) is 3.97. The molecule has 4 heterocycles. The van der Waals surface area contributed by atoms with Gasteiger partial charge in [0.05, 0.1) is 38.3 Å². The Morgan fingerprint density at radius 3 is 2.37 bits per heavy atom. The number of nitrogens with one attached hydrogen (secondary N) is 5. The molecule has 17 nitrogen and oxygen atoms in total. The molecule has 4 aromatic rings. The first-order valence-corrected chi connectivity index (χ1v) is 25.3. The second kappa shape index (κ2) is 23.7. The molecule has 0 spiro atoms. The fourth-order valence-corrected chi connectivity index (χ4v) is 10.2. The highest BCUT2D eigenvalue weighted by Gasteiger charge is 2.42. The summed E-state index contributed by atoms with van der Waals surface area (Å²) in [5.41, 5.74) is 9.46. The molecule has 0 saturated carbocycles. The van der Waals surface area contributed by atoms with Crippen LogP contribution in [0.1, 0.15) is 93.8 Å². The predicted octanol–water partition coefficient (Wildman–Crippen LogP) is 5.71. The van der Waals surface area contributed by atoms with Crippen LogP contribution in [0.3, 0.4) is 0 Å². The van der Waals surface area contributed by atoms with Crippen LogP contribution in [-0.4, -0.2) is 108 Å². The number of primary amides is 1. The number of rotatable bonds is 20. The number of amides is 5. The largest absolute Gasteiger partial charge is 0.598 e. The first-order chi connectivity index (χ1) is 32.0. The van der Waals surface area contributed by atoms with Gasteiger partial charge in [-0.1, -0.05) is 51.1 Å². The van der Waals surface area contributed by atoms with Gasteiger partial charge in [0.1, 0.15) is 29.5 Å². The molecule has 2 aliphatic rings. The van der Waals surface area contributed by atoms with Crippen molar-refractivity contribution in [1.29, 1.82) is 0 Å². The molecule has 2 aromatic carbocycles. The van der Waals surface area contributed by atoms with Gasteiger partial charge >= 0.3 is 0 Å². The Hall–Kier alpha value is -5.22. The van der Waals surface area contributed by atoms with Crippen LogP contribution < -0.4 is 32.3 Å². The van der Waals surface area contributed by atoms with Crippen LogP contribution in [0.5, 0.6) is 0 Å². The van der Waals surface area contributed by atoms with Crippen molar-refractivity contribution < 1.29 is 32.9 Å². The van der Waals surface area contributed by atoms with Gasteiger partial charge < -0.3 is 41.8 Å². The summed E-state index contributed by atoms with van der Waals surface area (Å²) in [5, 5.41) is 15.0. The topological polar surface area (TPSA) is 240 Å². The summed E-state index contributed by atoms with van der Waals surface area (Å²) in [6.07, 6.45) is 5.30. The van der Waals surface area contributed by atoms with Crippen molar-refractivity contribution in [2.75, 3.05) is 42.6 Å². The van der Waals surface area contributed by atoms with Crippen molar-refractivity contribution in [1.82, 2.24) is 40.1 Å². The zero-order valence-electron chi connectivity index (χ0n) is 38.2. The lowest BCUT2D eigenvalue weighted by molar-refractivity contribution is -0.144. The van der Waals surface area contributed by atoms with Gasteiger partial charge in [-0.2, -0.15) is 4.98 Å². The molecule has 3 unspecified atom stereocenters. The molecule has 0 aliphatic carbocycles. The summed E-state index contributed by atoms with van der Waals surface area (Å²) in [5.74, 6) is -1.79. The number of halogens is 2. The zero-order chi connectivity index (χ0) is 48.3. The number of benzene rings is 2. The minimum absolute atomic E-state index is 0.00435. The van der Waals surface area contributed by atoms with E-state index in [0.717, 1.165) is 27.8 Å². The number of carbonyl (C=O) groups is 5. The van der Waals surface area contributed by atoms with E-state index in [2.05, 4.69) is 57.5 Å². The van der Waals surface area contributed by atoms with Gasteiger partial charge in [-0.15, -0.1) is 15.6 Å². The molecule has 6 rings (SSSR count). The van der Waals surface area contributed by atoms with Crippen molar-refractivity contribution in [3.8, 4) is 10.4 Å². The van der Waals surface area contributed by atoms with Crippen molar-refractivity contribution in [2.45, 2.75) is 104 Å². The van der Waals surface area contributed by atoms with E-state index in [1.807, 2.05) is 61.8 Å². The van der Waals surface area contributed by atoms with Gasteiger partial charge in [0.2, 0.25) is 29.6 Å². The van der Waals surface area contributed by atoms with Crippen LogP contribution in [0.4, 0.5) is 21.8 Å². The second-order valence-electron chi connectivity index (χ2n) is 17.7. The molecule has 360 valence electrons. The fraction of sp³-hybridized carbons (Fsp3) is 0.478. The number of hydrogen-bond acceptors (Lipinski definition) is 13. The average molecular weight is 1030 g/mol. The number of likely N-dealkylation sites (tertiary alicyclic amines) is 1. The molecule has 7 N–H and O–H groups in total. The van der Waals surface area contributed by atoms with Crippen LogP contribution in [0.15, 0.2) is 58.6 Å². The number of nitrogens with zero attached hydrogens (tertiary/aromatic N) is 5. The number of nitrogens with two attached hydrogens (primary N) is 1. The summed E-state index contributed by atoms with van der Waals surface area (Å²) in [4.78, 5) is 80.8. The van der Waals surface area contributed by atoms with Gasteiger partial charge in [-0.05, 0) is 90.1 Å². The molecule has 3 atom stereocenters. The SMILES string of the molecule is Cc1ncsc1-c1ccc(CNC(=O)C2CCCN2C(=O)C(NC(=O)CCCCC(=O)NCC[S+]([O-])N2CCC(Nc3ncc(Br)c(Nc4cccc(F)c4C(N)=O)n3)CC2)C(C)(C)C)cc1. The molecule has 5 amide bonds. The standard InChI is InChI=1S/C46H59BrFN11O6S2/c1-28-39(66-27-53-28)30-16-14-29(15-17-30)25-51-43(63)35-11-8-21-59(35)44(64)40(46(2,3)4)56-37(61)13-6-5-12-36(60)50-20-24-67(65)58-22-18-31(19-23-58)54-45-52-26-32(47)42(57-45)55-34-10-7-9-33(48)38(34)41(49)62/h7,9-10,14-17,26-27,31,35,40H,5-6,8,11-13,18-25H2,1-4H3,(H2,49,62)(H,50,60)(H,51,63)(H,56,61)(H2,52,54,55,57). The van der Waals surface area contributed by atoms with E-state index in [9.17, 15) is 32.9 Å². The number of piperidine rings is 1. The maximum atomic E-state index is 14.3. The Balaban J connectivity index is 0.862. The Labute approximate surface area is 405 Å². The van der Waals surface area contributed by atoms with Crippen LogP contribution in [0.2, 0.25) is 0 Å². The van der Waals surface area contributed by atoms with Crippen molar-refractivity contribution in [3.63, 3.8) is 0 Å². The third-order valence-corrected chi connectivity index (χ3v) is 14.7. The van der Waals surface area contributed by atoms with E-state index in [-0.39, 0.29) is 66.1 Å². The van der Waals surface area contributed by atoms with E-state index in [1.54, 1.807) is 16.2 Å². The highest BCUT2D eigenvalue weighted by atomic mass is 79.9. The maximum absolute atomic E-state index is 14.3. The van der Waals surface area contributed by atoms with Crippen LogP contribution in [0.25, 0.3) is 10.4 Å². The number of aromatic nitrogens is 3. The fourth-order valence-electron chi connectivity index (χ4n) is 7.99. The minimum Gasteiger partial charge on any atom is -0.598 e. The summed E-state index contributed by atoms with van der Waals surface area (Å²) in [6.45, 7) is 9.71. The highest BCUT2D eigenvalue weighted by molar-refractivity contribution is 9.10. The number of unbranched alkanes of at least 4 members (excludes halogenated alkanes) is 1. The second-order valence-corrected chi connectivity index (χ2v) is 21.0. The first-order valence-electron chi connectivity index (χ1n) is 22.4. The van der Waals surface area contributed by atoms with E-state index in [0.29, 0.717) is 80.9 Å². The van der Waals surface area contributed by atoms with Gasteiger partial charge in [-0.25, -0.2) is 14.4 Å². The number of carbonyl (C=O) groups excluding carboxylic acids is 5. The van der Waals surface area contributed by atoms with E-state index in [1.165, 1.54) is 18.3 Å². The molecule has 0 radical (unpaired) electrons. The molecular formula is C46H59BrFN11O6S2.